The molecule has 0 aromatic heterocycles. The van der Waals surface area contributed by atoms with Crippen LogP contribution in [0, 0.1) is 0 Å². The van der Waals surface area contributed by atoms with E-state index in [2.05, 4.69) is 123 Å². The van der Waals surface area contributed by atoms with E-state index in [1.165, 1.54) is 0 Å². The Morgan fingerprint density at radius 3 is 1.83 bits per heavy atom. The van der Waals surface area contributed by atoms with Crippen LogP contribution < -0.4 is 0 Å². The molecule has 0 saturated carbocycles. The van der Waals surface area contributed by atoms with Crippen molar-refractivity contribution >= 4 is 16.6 Å². The van der Waals surface area contributed by atoms with E-state index in [1.54, 1.807) is 0 Å². The first kappa shape index (κ1) is 29.3. The third kappa shape index (κ3) is 11.6. The van der Waals surface area contributed by atoms with E-state index in [0.29, 0.717) is 6.61 Å². The first-order valence-corrected chi connectivity index (χ1v) is 17.4. The Morgan fingerprint density at radius 2 is 1.30 bits per heavy atom. The average Bonchev–Trinajstić information content (AvgIpc) is 2.58. The lowest BCUT2D eigenvalue weighted by molar-refractivity contribution is 0.228. The van der Waals surface area contributed by atoms with Crippen molar-refractivity contribution in [3.63, 3.8) is 0 Å². The molecule has 0 aromatic carbocycles. The summed E-state index contributed by atoms with van der Waals surface area (Å²) in [5.41, 5.74) is 0. The van der Waals surface area contributed by atoms with Crippen LogP contribution >= 0.6 is 0 Å². The Labute approximate surface area is 190 Å². The van der Waals surface area contributed by atoms with E-state index < -0.39 is 16.6 Å². The quantitative estimate of drug-likeness (QED) is 0.168. The second-order valence-electron chi connectivity index (χ2n) is 11.1. The number of hydrogen-bond acceptors (Lipinski definition) is 2. The number of rotatable bonds is 12. The summed E-state index contributed by atoms with van der Waals surface area (Å²) in [5, 5.41) is 0.455. The molecule has 174 valence electrons. The molecule has 0 unspecified atom stereocenters. The van der Waals surface area contributed by atoms with Crippen molar-refractivity contribution in [3.8, 4) is 0 Å². The van der Waals surface area contributed by atoms with Crippen molar-refractivity contribution in [2.45, 2.75) is 110 Å². The predicted molar refractivity (Wildman–Crippen MR) is 141 cm³/mol. The van der Waals surface area contributed by atoms with Crippen LogP contribution in [0.15, 0.2) is 48.6 Å². The zero-order valence-electron chi connectivity index (χ0n) is 21.8. The Kier molecular flexibility index (Phi) is 12.7. The molecule has 0 aromatic rings. The topological polar surface area (TPSA) is 18.5 Å². The highest BCUT2D eigenvalue weighted by Crippen LogP contribution is 2.38. The Hall–Kier alpha value is -0.686. The van der Waals surface area contributed by atoms with Crippen LogP contribution in [0.1, 0.15) is 67.7 Å². The molecule has 0 rings (SSSR count). The molecule has 0 bridgehead atoms. The van der Waals surface area contributed by atoms with E-state index in [1.807, 2.05) is 0 Å². The van der Waals surface area contributed by atoms with Gasteiger partial charge in [0.2, 0.25) is 0 Å². The molecule has 0 heterocycles. The largest absolute Gasteiger partial charge is 0.413 e. The summed E-state index contributed by atoms with van der Waals surface area (Å²) in [4.78, 5) is 0. The highest BCUT2D eigenvalue weighted by molar-refractivity contribution is 6.74. The molecule has 0 aliphatic rings. The van der Waals surface area contributed by atoms with Crippen LogP contribution in [-0.2, 0) is 8.85 Å². The van der Waals surface area contributed by atoms with Gasteiger partial charge in [0.15, 0.2) is 16.6 Å². The molecule has 0 N–H and O–H groups in total. The van der Waals surface area contributed by atoms with Crippen molar-refractivity contribution in [1.29, 1.82) is 0 Å². The van der Waals surface area contributed by atoms with Crippen molar-refractivity contribution in [2.75, 3.05) is 6.61 Å². The lowest BCUT2D eigenvalue weighted by Gasteiger charge is -2.38. The molecule has 0 aliphatic heterocycles. The van der Waals surface area contributed by atoms with Gasteiger partial charge in [0.05, 0.1) is 12.7 Å². The van der Waals surface area contributed by atoms with Gasteiger partial charge in [-0.25, -0.2) is 0 Å². The molecular weight excluding hydrogens is 400 g/mol. The first-order chi connectivity index (χ1) is 13.6. The predicted octanol–water partition coefficient (Wildman–Crippen LogP) is 8.81. The van der Waals surface area contributed by atoms with Gasteiger partial charge in [-0.15, -0.1) is 0 Å². The maximum absolute atomic E-state index is 6.66. The van der Waals surface area contributed by atoms with Gasteiger partial charge in [0.1, 0.15) is 0 Å². The van der Waals surface area contributed by atoms with E-state index in [4.69, 9.17) is 8.85 Å². The van der Waals surface area contributed by atoms with Crippen LogP contribution in [0.2, 0.25) is 36.3 Å². The number of hydrogen-bond donors (Lipinski definition) is 0. The summed E-state index contributed by atoms with van der Waals surface area (Å²) in [6.07, 6.45) is 20.6. The van der Waals surface area contributed by atoms with Crippen molar-refractivity contribution in [2.24, 2.45) is 0 Å². The molecule has 0 radical (unpaired) electrons. The maximum atomic E-state index is 6.66. The fourth-order valence-electron chi connectivity index (χ4n) is 2.18. The van der Waals surface area contributed by atoms with Gasteiger partial charge in [-0.1, -0.05) is 97.1 Å². The smallest absolute Gasteiger partial charge is 0.192 e. The zero-order chi connectivity index (χ0) is 23.5. The summed E-state index contributed by atoms with van der Waals surface area (Å²) in [7, 11) is -3.49. The van der Waals surface area contributed by atoms with Gasteiger partial charge in [-0.3, -0.25) is 0 Å². The molecule has 4 heteroatoms. The van der Waals surface area contributed by atoms with Gasteiger partial charge in [-0.2, -0.15) is 0 Å². The highest BCUT2D eigenvalue weighted by atomic mass is 28.4. The molecule has 0 saturated heterocycles. The van der Waals surface area contributed by atoms with E-state index in [-0.39, 0.29) is 16.2 Å². The molecule has 1 atom stereocenters. The van der Waals surface area contributed by atoms with Crippen molar-refractivity contribution < 1.29 is 8.85 Å². The maximum Gasteiger partial charge on any atom is 0.192 e. The molecule has 0 fully saturated rings. The summed E-state index contributed by atoms with van der Waals surface area (Å²) in [6.45, 7) is 25.8. The van der Waals surface area contributed by atoms with E-state index >= 15 is 0 Å². The second kappa shape index (κ2) is 13.0. The van der Waals surface area contributed by atoms with Crippen LogP contribution in [0.3, 0.4) is 0 Å². The molecule has 0 amide bonds. The first-order valence-electron chi connectivity index (χ1n) is 11.6. The highest BCUT2D eigenvalue weighted by Gasteiger charge is 2.38. The van der Waals surface area contributed by atoms with Crippen LogP contribution in [0.25, 0.3) is 0 Å². The summed E-state index contributed by atoms with van der Waals surface area (Å²) in [5.74, 6) is 0. The van der Waals surface area contributed by atoms with Crippen LogP contribution in [0.5, 0.6) is 0 Å². The summed E-state index contributed by atoms with van der Waals surface area (Å²) in [6, 6.07) is 0. The second-order valence-corrected chi connectivity index (χ2v) is 20.7. The third-order valence-corrected chi connectivity index (χ3v) is 15.4. The zero-order valence-corrected chi connectivity index (χ0v) is 23.8. The summed E-state index contributed by atoms with van der Waals surface area (Å²) >= 11 is 0. The lowest BCUT2D eigenvalue weighted by Crippen LogP contribution is -2.43. The Morgan fingerprint density at radius 1 is 0.733 bits per heavy atom. The third-order valence-electron chi connectivity index (χ3n) is 6.38. The molecular formula is C26H50O2Si2. The monoisotopic (exact) mass is 450 g/mol. The minimum absolute atomic E-state index is 0.114. The fourth-order valence-corrected chi connectivity index (χ4v) is 4.42. The lowest BCUT2D eigenvalue weighted by atomic mass is 10.2. The minimum atomic E-state index is -1.81. The molecule has 0 aliphatic carbocycles. The molecule has 0 spiro atoms. The summed E-state index contributed by atoms with van der Waals surface area (Å²) < 4.78 is 12.9. The normalized spacial score (nSPS) is 16.0. The minimum Gasteiger partial charge on any atom is -0.413 e. The Balaban J connectivity index is 4.96. The van der Waals surface area contributed by atoms with Gasteiger partial charge < -0.3 is 8.85 Å². The van der Waals surface area contributed by atoms with Crippen LogP contribution in [-0.4, -0.2) is 29.3 Å². The van der Waals surface area contributed by atoms with Gasteiger partial charge in [0, 0.05) is 0 Å². The fraction of sp³-hybridized carbons (Fsp3) is 0.692. The van der Waals surface area contributed by atoms with Crippen molar-refractivity contribution in [1.82, 2.24) is 0 Å². The van der Waals surface area contributed by atoms with E-state index in [0.717, 1.165) is 19.3 Å². The Bertz CT molecular complexity index is 585. The number of allylic oxidation sites excluding steroid dienone is 5. The standard InChI is InChI=1S/C26H50O2Si2/c1-12-13-14-15-16-18-21-24(28-30(10,11)26(5,6)7)22-19-17-20-23-27-29(8,9)25(2,3)4/h13-14,16-20,22,24H,12,15,21,23H2,1-11H3/b14-13-,18-16-,20-17+,22-19-/t24-/m0/s1. The van der Waals surface area contributed by atoms with Gasteiger partial charge in [0.25, 0.3) is 0 Å². The van der Waals surface area contributed by atoms with Crippen LogP contribution in [0.4, 0.5) is 0 Å². The van der Waals surface area contributed by atoms with Crippen molar-refractivity contribution in [3.05, 3.63) is 48.6 Å². The van der Waals surface area contributed by atoms with Gasteiger partial charge in [-0.05, 0) is 55.5 Å². The van der Waals surface area contributed by atoms with Gasteiger partial charge >= 0.3 is 0 Å². The van der Waals surface area contributed by atoms with E-state index in [9.17, 15) is 0 Å². The SMILES string of the molecule is CC/C=C\C/C=C\C[C@@H](/C=C\C=C\CO[Si](C)(C)C(C)(C)C)O[Si](C)(C)C(C)(C)C. The molecule has 2 nitrogen and oxygen atoms in total. The average molecular weight is 451 g/mol. The molecule has 30 heavy (non-hydrogen) atoms.